The maximum atomic E-state index is 5.18. The van der Waals surface area contributed by atoms with E-state index < -0.39 is 0 Å². The van der Waals surface area contributed by atoms with Crippen LogP contribution >= 0.6 is 0 Å². The van der Waals surface area contributed by atoms with E-state index in [1.165, 1.54) is 23.1 Å². The molecule has 21 heavy (non-hydrogen) atoms. The number of nitrogens with one attached hydrogen (secondary N) is 1. The van der Waals surface area contributed by atoms with Crippen molar-refractivity contribution < 1.29 is 4.74 Å². The minimum atomic E-state index is 0.542. The van der Waals surface area contributed by atoms with Crippen LogP contribution in [0.15, 0.2) is 54.6 Å². The van der Waals surface area contributed by atoms with Gasteiger partial charge in [0, 0.05) is 19.1 Å². The molecule has 1 saturated heterocycles. The molecule has 1 N–H and O–H groups in total. The van der Waals surface area contributed by atoms with E-state index >= 15 is 0 Å². The Morgan fingerprint density at radius 3 is 2.48 bits per heavy atom. The summed E-state index contributed by atoms with van der Waals surface area (Å²) in [5.74, 6) is 0.613. The largest absolute Gasteiger partial charge is 0.380 e. The monoisotopic (exact) mass is 281 g/mol. The van der Waals surface area contributed by atoms with Crippen LogP contribution in [0.4, 0.5) is 0 Å². The van der Waals surface area contributed by atoms with Crippen molar-refractivity contribution in [3.05, 3.63) is 71.3 Å². The molecule has 1 aliphatic rings. The highest BCUT2D eigenvalue weighted by atomic mass is 16.5. The molecule has 1 aliphatic heterocycles. The third-order valence-electron chi connectivity index (χ3n) is 4.36. The quantitative estimate of drug-likeness (QED) is 0.905. The van der Waals surface area contributed by atoms with Gasteiger partial charge in [-0.3, -0.25) is 0 Å². The van der Waals surface area contributed by atoms with Crippen molar-refractivity contribution in [2.24, 2.45) is 0 Å². The highest BCUT2D eigenvalue weighted by Crippen LogP contribution is 2.30. The molecular formula is C19H23NO. The maximum Gasteiger partial charge on any atom is 0.0713 e. The van der Waals surface area contributed by atoms with Gasteiger partial charge in [0.15, 0.2) is 0 Å². The minimum Gasteiger partial charge on any atom is -0.380 e. The summed E-state index contributed by atoms with van der Waals surface area (Å²) in [6.45, 7) is 1.80. The van der Waals surface area contributed by atoms with Gasteiger partial charge in [-0.15, -0.1) is 0 Å². The van der Waals surface area contributed by atoms with Gasteiger partial charge in [-0.25, -0.2) is 0 Å². The molecule has 2 heteroatoms. The summed E-state index contributed by atoms with van der Waals surface area (Å²) in [4.78, 5) is 0. The molecule has 2 atom stereocenters. The molecule has 3 rings (SSSR count). The molecule has 2 nitrogen and oxygen atoms in total. The number of methoxy groups -OCH3 is 1. The Labute approximate surface area is 127 Å². The van der Waals surface area contributed by atoms with Gasteiger partial charge in [0.2, 0.25) is 0 Å². The van der Waals surface area contributed by atoms with Gasteiger partial charge in [0.05, 0.1) is 6.61 Å². The predicted molar refractivity (Wildman–Crippen MR) is 86.4 cm³/mol. The molecule has 1 heterocycles. The molecule has 2 aromatic carbocycles. The van der Waals surface area contributed by atoms with E-state index in [1.807, 2.05) is 0 Å². The smallest absolute Gasteiger partial charge is 0.0713 e. The average Bonchev–Trinajstić information content (AvgIpc) is 2.98. The molecule has 0 bridgehead atoms. The van der Waals surface area contributed by atoms with Crippen LogP contribution in [0.1, 0.15) is 29.0 Å². The first kappa shape index (κ1) is 14.3. The van der Waals surface area contributed by atoms with Crippen LogP contribution in [-0.4, -0.2) is 19.7 Å². The summed E-state index contributed by atoms with van der Waals surface area (Å²) >= 11 is 0. The lowest BCUT2D eigenvalue weighted by Crippen LogP contribution is -2.28. The lowest BCUT2D eigenvalue weighted by atomic mass is 9.88. The molecule has 0 spiro atoms. The topological polar surface area (TPSA) is 21.3 Å². The highest BCUT2D eigenvalue weighted by Gasteiger charge is 2.28. The lowest BCUT2D eigenvalue weighted by molar-refractivity contribution is 0.185. The first-order valence-corrected chi connectivity index (χ1v) is 7.72. The van der Waals surface area contributed by atoms with Crippen molar-refractivity contribution in [1.29, 1.82) is 0 Å². The van der Waals surface area contributed by atoms with Crippen LogP contribution in [0, 0.1) is 0 Å². The lowest BCUT2D eigenvalue weighted by Gasteiger charge is -2.20. The summed E-state index contributed by atoms with van der Waals surface area (Å²) in [7, 11) is 1.74. The number of hydrogen-bond donors (Lipinski definition) is 1. The second-order valence-corrected chi connectivity index (χ2v) is 5.82. The zero-order valence-electron chi connectivity index (χ0n) is 12.6. The van der Waals surface area contributed by atoms with E-state index in [2.05, 4.69) is 59.9 Å². The van der Waals surface area contributed by atoms with Crippen molar-refractivity contribution in [2.45, 2.75) is 31.4 Å². The van der Waals surface area contributed by atoms with Crippen molar-refractivity contribution in [3.63, 3.8) is 0 Å². The van der Waals surface area contributed by atoms with Crippen molar-refractivity contribution in [1.82, 2.24) is 5.32 Å². The molecule has 0 aromatic heterocycles. The van der Waals surface area contributed by atoms with E-state index in [-0.39, 0.29) is 0 Å². The molecular weight excluding hydrogens is 258 g/mol. The van der Waals surface area contributed by atoms with E-state index in [0.717, 1.165) is 13.0 Å². The Morgan fingerprint density at radius 2 is 1.76 bits per heavy atom. The molecule has 0 amide bonds. The number of benzene rings is 2. The second kappa shape index (κ2) is 6.88. The maximum absolute atomic E-state index is 5.18. The fourth-order valence-electron chi connectivity index (χ4n) is 3.28. The van der Waals surface area contributed by atoms with Crippen molar-refractivity contribution >= 4 is 0 Å². The summed E-state index contributed by atoms with van der Waals surface area (Å²) in [5.41, 5.74) is 4.10. The Morgan fingerprint density at radius 1 is 1.00 bits per heavy atom. The first-order valence-electron chi connectivity index (χ1n) is 7.72. The van der Waals surface area contributed by atoms with Gasteiger partial charge in [-0.1, -0.05) is 54.6 Å². The third-order valence-corrected chi connectivity index (χ3v) is 4.36. The van der Waals surface area contributed by atoms with Gasteiger partial charge in [0.25, 0.3) is 0 Å². The van der Waals surface area contributed by atoms with Crippen LogP contribution < -0.4 is 5.32 Å². The number of hydrogen-bond acceptors (Lipinski definition) is 2. The molecule has 2 unspecified atom stereocenters. The van der Waals surface area contributed by atoms with E-state index in [0.29, 0.717) is 18.6 Å². The zero-order chi connectivity index (χ0) is 14.5. The second-order valence-electron chi connectivity index (χ2n) is 5.82. The number of ether oxygens (including phenoxy) is 1. The van der Waals surface area contributed by atoms with Gasteiger partial charge in [0.1, 0.15) is 0 Å². The van der Waals surface area contributed by atoms with Crippen LogP contribution in [0.2, 0.25) is 0 Å². The minimum absolute atomic E-state index is 0.542. The van der Waals surface area contributed by atoms with Gasteiger partial charge >= 0.3 is 0 Å². The fourth-order valence-corrected chi connectivity index (χ4v) is 3.28. The zero-order valence-corrected chi connectivity index (χ0v) is 12.6. The Balaban J connectivity index is 1.71. The van der Waals surface area contributed by atoms with E-state index in [1.54, 1.807) is 7.11 Å². The van der Waals surface area contributed by atoms with Crippen LogP contribution in [0.25, 0.3) is 0 Å². The van der Waals surface area contributed by atoms with Crippen LogP contribution in [0.3, 0.4) is 0 Å². The highest BCUT2D eigenvalue weighted by molar-refractivity contribution is 5.28. The van der Waals surface area contributed by atoms with Gasteiger partial charge < -0.3 is 10.1 Å². The van der Waals surface area contributed by atoms with Gasteiger partial charge in [-0.05, 0) is 36.1 Å². The fraction of sp³-hybridized carbons (Fsp3) is 0.368. The van der Waals surface area contributed by atoms with Crippen LogP contribution in [0.5, 0.6) is 0 Å². The summed E-state index contributed by atoms with van der Waals surface area (Å²) in [6, 6.07) is 20.2. The van der Waals surface area contributed by atoms with E-state index in [9.17, 15) is 0 Å². The molecule has 0 radical (unpaired) electrons. The number of rotatable bonds is 5. The first-order chi connectivity index (χ1) is 10.4. The van der Waals surface area contributed by atoms with Gasteiger partial charge in [-0.2, -0.15) is 0 Å². The van der Waals surface area contributed by atoms with E-state index in [4.69, 9.17) is 4.74 Å². The molecule has 1 fully saturated rings. The molecule has 2 aromatic rings. The molecule has 110 valence electrons. The Kier molecular flexibility index (Phi) is 4.69. The molecule has 0 aliphatic carbocycles. The van der Waals surface area contributed by atoms with Crippen molar-refractivity contribution in [3.8, 4) is 0 Å². The Bertz CT molecular complexity index is 550. The van der Waals surface area contributed by atoms with Crippen LogP contribution in [-0.2, 0) is 17.8 Å². The standard InChI is InChI=1S/C19H23NO/c1-21-14-16-7-9-17(10-8-16)18-11-12-20-19(18)13-15-5-3-2-4-6-15/h2-10,18-20H,11-14H2,1H3. The third kappa shape index (κ3) is 3.52. The Hall–Kier alpha value is -1.64. The SMILES string of the molecule is COCc1ccc(C2CCNC2Cc2ccccc2)cc1. The summed E-state index contributed by atoms with van der Waals surface area (Å²) in [6.07, 6.45) is 2.33. The summed E-state index contributed by atoms with van der Waals surface area (Å²) in [5, 5.41) is 3.67. The average molecular weight is 281 g/mol. The summed E-state index contributed by atoms with van der Waals surface area (Å²) < 4.78 is 5.18. The normalized spacial score (nSPS) is 21.6. The predicted octanol–water partition coefficient (Wildman–Crippen LogP) is 3.52. The van der Waals surface area contributed by atoms with Crippen molar-refractivity contribution in [2.75, 3.05) is 13.7 Å². The molecule has 0 saturated carbocycles.